The number of hydrogen-bond acceptors (Lipinski definition) is 1. The first kappa shape index (κ1) is 33.7. The van der Waals surface area contributed by atoms with Crippen molar-refractivity contribution in [1.82, 2.24) is 0 Å². The second-order valence-corrected chi connectivity index (χ2v) is 18.2. The lowest BCUT2D eigenvalue weighted by Crippen LogP contribution is -2.48. The van der Waals surface area contributed by atoms with Gasteiger partial charge in [-0.15, -0.1) is 0 Å². The molecule has 4 unspecified atom stereocenters. The van der Waals surface area contributed by atoms with Crippen molar-refractivity contribution in [3.8, 4) is 33.4 Å². The molecular weight excluding hydrogens is 687 g/mol. The molecule has 0 N–H and O–H groups in total. The van der Waals surface area contributed by atoms with Crippen molar-refractivity contribution in [2.45, 2.75) is 82.0 Å². The summed E-state index contributed by atoms with van der Waals surface area (Å²) in [6.45, 7) is 2.47. The highest BCUT2D eigenvalue weighted by molar-refractivity contribution is 5.97. The maximum atomic E-state index is 2.63. The van der Waals surface area contributed by atoms with Gasteiger partial charge in [-0.1, -0.05) is 154 Å². The van der Waals surface area contributed by atoms with Gasteiger partial charge in [0.15, 0.2) is 0 Å². The zero-order valence-corrected chi connectivity index (χ0v) is 33.2. The van der Waals surface area contributed by atoms with Crippen molar-refractivity contribution >= 4 is 27.8 Å². The summed E-state index contributed by atoms with van der Waals surface area (Å²) in [7, 11) is 0. The Labute approximate surface area is 338 Å². The molecule has 0 amide bonds. The van der Waals surface area contributed by atoms with Crippen LogP contribution in [0.1, 0.15) is 93.4 Å². The van der Waals surface area contributed by atoms with Crippen LogP contribution < -0.4 is 4.90 Å². The van der Waals surface area contributed by atoms with Gasteiger partial charge in [-0.25, -0.2) is 0 Å². The Morgan fingerprint density at radius 3 is 2.12 bits per heavy atom. The second-order valence-electron chi connectivity index (χ2n) is 18.2. The molecule has 3 fully saturated rings. The van der Waals surface area contributed by atoms with Crippen molar-refractivity contribution in [2.24, 2.45) is 17.8 Å². The van der Waals surface area contributed by atoms with E-state index in [9.17, 15) is 0 Å². The molecule has 7 aromatic carbocycles. The quantitative estimate of drug-likeness (QED) is 0.170. The Balaban J connectivity index is 1.10. The molecular formula is C56H51N. The van der Waals surface area contributed by atoms with Crippen LogP contribution in [0.2, 0.25) is 0 Å². The predicted molar refractivity (Wildman–Crippen MR) is 239 cm³/mol. The van der Waals surface area contributed by atoms with Crippen molar-refractivity contribution in [3.05, 3.63) is 174 Å². The number of fused-ring (bicyclic) bond motifs is 14. The molecule has 280 valence electrons. The monoisotopic (exact) mass is 737 g/mol. The van der Waals surface area contributed by atoms with E-state index in [0.717, 1.165) is 5.92 Å². The third-order valence-electron chi connectivity index (χ3n) is 15.7. The molecule has 7 aromatic rings. The number of rotatable bonds is 5. The number of hydrogen-bond donors (Lipinski definition) is 0. The number of nitrogens with zero attached hydrogens (tertiary/aromatic N) is 1. The average Bonchev–Trinajstić information content (AvgIpc) is 3.96. The Kier molecular flexibility index (Phi) is 7.57. The lowest BCUT2D eigenvalue weighted by atomic mass is 9.50. The van der Waals surface area contributed by atoms with E-state index < -0.39 is 0 Å². The van der Waals surface area contributed by atoms with Crippen LogP contribution in [0.4, 0.5) is 17.1 Å². The summed E-state index contributed by atoms with van der Waals surface area (Å²) in [5.74, 6) is 2.23. The highest BCUT2D eigenvalue weighted by Crippen LogP contribution is 2.66. The largest absolute Gasteiger partial charge is 0.310 e. The molecule has 2 bridgehead atoms. The molecule has 1 nitrogen and oxygen atoms in total. The summed E-state index contributed by atoms with van der Waals surface area (Å²) in [5.41, 5.74) is 18.5. The molecule has 0 radical (unpaired) electrons. The second kappa shape index (κ2) is 12.8. The topological polar surface area (TPSA) is 3.24 Å². The molecule has 2 spiro atoms. The zero-order valence-electron chi connectivity index (χ0n) is 33.2. The molecule has 0 aromatic heterocycles. The fraction of sp³-hybridized carbons (Fsp3) is 0.286. The Morgan fingerprint density at radius 1 is 0.526 bits per heavy atom. The first-order valence-electron chi connectivity index (χ1n) is 22.0. The van der Waals surface area contributed by atoms with Crippen LogP contribution in [0.25, 0.3) is 44.2 Å². The maximum absolute atomic E-state index is 2.63. The Morgan fingerprint density at radius 2 is 1.25 bits per heavy atom. The molecule has 4 atom stereocenters. The van der Waals surface area contributed by atoms with E-state index in [1.54, 1.807) is 16.7 Å². The zero-order chi connectivity index (χ0) is 37.7. The molecule has 3 saturated carbocycles. The van der Waals surface area contributed by atoms with E-state index in [4.69, 9.17) is 0 Å². The van der Waals surface area contributed by atoms with Gasteiger partial charge in [-0.3, -0.25) is 0 Å². The predicted octanol–water partition coefficient (Wildman–Crippen LogP) is 15.3. The van der Waals surface area contributed by atoms with Crippen molar-refractivity contribution < 1.29 is 0 Å². The van der Waals surface area contributed by atoms with Crippen LogP contribution in [0, 0.1) is 17.8 Å². The molecule has 57 heavy (non-hydrogen) atoms. The molecule has 0 saturated heterocycles. The van der Waals surface area contributed by atoms with E-state index in [1.165, 1.54) is 131 Å². The van der Waals surface area contributed by atoms with Crippen molar-refractivity contribution in [3.63, 3.8) is 0 Å². The molecule has 1 heteroatoms. The van der Waals surface area contributed by atoms with Gasteiger partial charge >= 0.3 is 0 Å². The van der Waals surface area contributed by atoms with Gasteiger partial charge in [0.1, 0.15) is 0 Å². The van der Waals surface area contributed by atoms with Gasteiger partial charge in [0.2, 0.25) is 0 Å². The van der Waals surface area contributed by atoms with Gasteiger partial charge < -0.3 is 4.90 Å². The first-order valence-corrected chi connectivity index (χ1v) is 22.0. The number of benzene rings is 7. The van der Waals surface area contributed by atoms with E-state index in [1.807, 2.05) is 0 Å². The van der Waals surface area contributed by atoms with E-state index in [0.29, 0.717) is 11.8 Å². The van der Waals surface area contributed by atoms with Crippen LogP contribution in [-0.4, -0.2) is 0 Å². The van der Waals surface area contributed by atoms with Crippen LogP contribution in [0.5, 0.6) is 0 Å². The first-order chi connectivity index (χ1) is 28.2. The minimum atomic E-state index is 0.0674. The molecule has 5 aliphatic rings. The van der Waals surface area contributed by atoms with Gasteiger partial charge in [-0.2, -0.15) is 0 Å². The fourth-order valence-electron chi connectivity index (χ4n) is 13.5. The Hall–Kier alpha value is -5.40. The standard InChI is InChI=1S/C56H51N/c1-2-42-32-37-14-11-18-43(33-37)56(42)51-23-8-6-21-47(51)54-52(56)24-13-25-53(54)57(44-19-12-17-40(35-44)41-27-26-38-15-3-4-16-39(38)34-41)45-28-29-50-48(36-45)46-20-5-7-22-49(46)55(50)30-9-10-31-55/h3-8,12-13,15-17,19-29,34-37,42-43H,2,9-11,14,18,30-33H2,1H3. The van der Waals surface area contributed by atoms with Gasteiger partial charge in [0, 0.05) is 27.8 Å². The number of anilines is 3. The summed E-state index contributed by atoms with van der Waals surface area (Å²) in [4.78, 5) is 2.63. The van der Waals surface area contributed by atoms with Crippen LogP contribution in [0.3, 0.4) is 0 Å². The molecule has 12 rings (SSSR count). The van der Waals surface area contributed by atoms with Crippen molar-refractivity contribution in [2.75, 3.05) is 4.90 Å². The van der Waals surface area contributed by atoms with Gasteiger partial charge in [-0.05, 0) is 147 Å². The van der Waals surface area contributed by atoms with Crippen molar-refractivity contribution in [1.29, 1.82) is 0 Å². The van der Waals surface area contributed by atoms with Crippen LogP contribution in [-0.2, 0) is 10.8 Å². The SMILES string of the molecule is CCC1CC2CCCC(C2)C12c1ccccc1-c1c(N(c3cccc(-c4ccc5ccccc5c4)c3)c3ccc4c(c3)-c3ccccc3C43CCCC3)cccc12. The lowest BCUT2D eigenvalue weighted by Gasteiger charge is -2.54. The summed E-state index contributed by atoms with van der Waals surface area (Å²) < 4.78 is 0. The summed E-state index contributed by atoms with van der Waals surface area (Å²) in [6.07, 6.45) is 13.2. The van der Waals surface area contributed by atoms with Gasteiger partial charge in [0.05, 0.1) is 5.69 Å². The fourth-order valence-corrected chi connectivity index (χ4v) is 13.5. The highest BCUT2D eigenvalue weighted by Gasteiger charge is 2.57. The minimum Gasteiger partial charge on any atom is -0.310 e. The molecule has 0 aliphatic heterocycles. The smallest absolute Gasteiger partial charge is 0.0543 e. The van der Waals surface area contributed by atoms with E-state index in [-0.39, 0.29) is 10.8 Å². The van der Waals surface area contributed by atoms with E-state index >= 15 is 0 Å². The average molecular weight is 738 g/mol. The minimum absolute atomic E-state index is 0.0674. The lowest BCUT2D eigenvalue weighted by molar-refractivity contribution is 0.0557. The summed E-state index contributed by atoms with van der Waals surface area (Å²) in [5, 5.41) is 2.56. The van der Waals surface area contributed by atoms with Crippen LogP contribution in [0.15, 0.2) is 152 Å². The Bertz CT molecular complexity index is 2710. The third kappa shape index (κ3) is 4.75. The highest BCUT2D eigenvalue weighted by atomic mass is 15.1. The maximum Gasteiger partial charge on any atom is 0.0543 e. The van der Waals surface area contributed by atoms with Gasteiger partial charge in [0.25, 0.3) is 0 Å². The third-order valence-corrected chi connectivity index (χ3v) is 15.7. The van der Waals surface area contributed by atoms with E-state index in [2.05, 4.69) is 163 Å². The summed E-state index contributed by atoms with van der Waals surface area (Å²) >= 11 is 0. The summed E-state index contributed by atoms with van der Waals surface area (Å²) in [6, 6.07) is 58.9. The molecule has 0 heterocycles. The molecule has 5 aliphatic carbocycles. The van der Waals surface area contributed by atoms with Crippen LogP contribution >= 0.6 is 0 Å². The normalized spacial score (nSPS) is 23.4.